The Bertz CT molecular complexity index is 367. The quantitative estimate of drug-likeness (QED) is 0.650. The fourth-order valence-corrected chi connectivity index (χ4v) is 2.76. The lowest BCUT2D eigenvalue weighted by Crippen LogP contribution is -2.15. The van der Waals surface area contributed by atoms with Crippen LogP contribution in [0.15, 0.2) is 30.3 Å². The summed E-state index contributed by atoms with van der Waals surface area (Å²) in [4.78, 5) is 11.8. The van der Waals surface area contributed by atoms with Gasteiger partial charge in [0.05, 0.1) is 0 Å². The molecule has 0 aromatic heterocycles. The smallest absolute Gasteiger partial charge is 0.133 e. The van der Waals surface area contributed by atoms with Crippen LogP contribution in [0.3, 0.4) is 0 Å². The molecule has 0 fully saturated rings. The maximum Gasteiger partial charge on any atom is 0.133 e. The predicted molar refractivity (Wildman–Crippen MR) is 82.2 cm³/mol. The van der Waals surface area contributed by atoms with Gasteiger partial charge in [-0.3, -0.25) is 4.79 Å². The Labute approximate surface area is 118 Å². The van der Waals surface area contributed by atoms with Gasteiger partial charge in [-0.25, -0.2) is 0 Å². The summed E-state index contributed by atoms with van der Waals surface area (Å²) in [7, 11) is 0. The minimum absolute atomic E-state index is 0.192. The summed E-state index contributed by atoms with van der Waals surface area (Å²) in [6.07, 6.45) is 4.34. The van der Waals surface area contributed by atoms with Crippen LogP contribution in [-0.2, 0) is 11.2 Å². The highest BCUT2D eigenvalue weighted by Gasteiger charge is 2.16. The third-order valence-corrected chi connectivity index (χ3v) is 3.78. The second kappa shape index (κ2) is 8.14. The highest BCUT2D eigenvalue weighted by molar-refractivity contribution is 5.78. The van der Waals surface area contributed by atoms with Gasteiger partial charge in [0.25, 0.3) is 0 Å². The van der Waals surface area contributed by atoms with Crippen LogP contribution in [0, 0.1) is 17.8 Å². The Morgan fingerprint density at radius 3 is 2.21 bits per heavy atom. The number of hydrogen-bond donors (Lipinski definition) is 0. The van der Waals surface area contributed by atoms with E-state index in [1.165, 1.54) is 12.0 Å². The van der Waals surface area contributed by atoms with Crippen LogP contribution in [-0.4, -0.2) is 5.78 Å². The van der Waals surface area contributed by atoms with E-state index in [2.05, 4.69) is 32.9 Å². The summed E-state index contributed by atoms with van der Waals surface area (Å²) >= 11 is 0. The van der Waals surface area contributed by atoms with Gasteiger partial charge in [0.2, 0.25) is 0 Å². The van der Waals surface area contributed by atoms with E-state index in [-0.39, 0.29) is 5.92 Å². The van der Waals surface area contributed by atoms with Crippen LogP contribution >= 0.6 is 0 Å². The molecule has 0 aliphatic rings. The highest BCUT2D eigenvalue weighted by Crippen LogP contribution is 2.22. The van der Waals surface area contributed by atoms with Gasteiger partial charge in [0.15, 0.2) is 0 Å². The average Bonchev–Trinajstić information content (AvgIpc) is 2.34. The molecule has 1 aromatic carbocycles. The van der Waals surface area contributed by atoms with Gasteiger partial charge < -0.3 is 0 Å². The molecule has 2 atom stereocenters. The van der Waals surface area contributed by atoms with E-state index in [0.29, 0.717) is 5.78 Å². The molecule has 1 heteroatoms. The van der Waals surface area contributed by atoms with Gasteiger partial charge >= 0.3 is 0 Å². The second-order valence-corrected chi connectivity index (χ2v) is 6.31. The van der Waals surface area contributed by atoms with E-state index in [1.54, 1.807) is 6.92 Å². The number of rotatable bonds is 8. The normalized spacial score (nSPS) is 14.4. The van der Waals surface area contributed by atoms with Crippen molar-refractivity contribution in [3.05, 3.63) is 35.9 Å². The molecule has 1 aromatic rings. The summed E-state index contributed by atoms with van der Waals surface area (Å²) in [5, 5.41) is 0. The molecule has 0 unspecified atom stereocenters. The van der Waals surface area contributed by atoms with Crippen LogP contribution < -0.4 is 0 Å². The van der Waals surface area contributed by atoms with E-state index in [4.69, 9.17) is 0 Å². The number of carbonyl (C=O) groups is 1. The molecule has 0 N–H and O–H groups in total. The van der Waals surface area contributed by atoms with E-state index in [0.717, 1.165) is 31.1 Å². The first-order chi connectivity index (χ1) is 8.99. The first-order valence-electron chi connectivity index (χ1n) is 7.53. The topological polar surface area (TPSA) is 17.1 Å². The van der Waals surface area contributed by atoms with E-state index in [1.807, 2.05) is 18.2 Å². The first-order valence-corrected chi connectivity index (χ1v) is 7.53. The lowest BCUT2D eigenvalue weighted by atomic mass is 9.86. The summed E-state index contributed by atoms with van der Waals surface area (Å²) in [5.74, 6) is 2.00. The van der Waals surface area contributed by atoms with Crippen LogP contribution in [0.1, 0.15) is 52.5 Å². The molecule has 0 radical (unpaired) electrons. The van der Waals surface area contributed by atoms with Crippen LogP contribution in [0.2, 0.25) is 0 Å². The zero-order chi connectivity index (χ0) is 14.3. The Balaban J connectivity index is 2.48. The van der Waals surface area contributed by atoms with Crippen LogP contribution in [0.4, 0.5) is 0 Å². The summed E-state index contributed by atoms with van der Waals surface area (Å²) in [6.45, 7) is 8.58. The SMILES string of the molecule is CC(=O)[C@H](CC[C@@H](C)CC(C)C)Cc1ccccc1. The van der Waals surface area contributed by atoms with Crippen LogP contribution in [0.5, 0.6) is 0 Å². The highest BCUT2D eigenvalue weighted by atomic mass is 16.1. The monoisotopic (exact) mass is 260 g/mol. The molecule has 0 heterocycles. The summed E-state index contributed by atoms with van der Waals surface area (Å²) in [6, 6.07) is 10.4. The maximum absolute atomic E-state index is 11.8. The van der Waals surface area contributed by atoms with Crippen molar-refractivity contribution in [2.24, 2.45) is 17.8 Å². The molecule has 0 saturated carbocycles. The molecule has 1 nitrogen and oxygen atoms in total. The third-order valence-electron chi connectivity index (χ3n) is 3.78. The van der Waals surface area contributed by atoms with Gasteiger partial charge in [0.1, 0.15) is 5.78 Å². The number of benzene rings is 1. The van der Waals surface area contributed by atoms with Gasteiger partial charge in [-0.2, -0.15) is 0 Å². The predicted octanol–water partition coefficient (Wildman–Crippen LogP) is 4.90. The van der Waals surface area contributed by atoms with E-state index in [9.17, 15) is 4.79 Å². The molecule has 19 heavy (non-hydrogen) atoms. The molecule has 0 amide bonds. The number of Topliss-reactive ketones (excluding diaryl/α,β-unsaturated/α-hetero) is 1. The largest absolute Gasteiger partial charge is 0.300 e. The molecule has 0 saturated heterocycles. The standard InChI is InChI=1S/C18H28O/c1-14(2)12-15(3)10-11-18(16(4)19)13-17-8-6-5-7-9-17/h5-9,14-15,18H,10-13H2,1-4H3/t15-,18-/m1/s1. The number of carbonyl (C=O) groups excluding carboxylic acids is 1. The van der Waals surface area contributed by atoms with Crippen molar-refractivity contribution in [3.8, 4) is 0 Å². The van der Waals surface area contributed by atoms with Crippen LogP contribution in [0.25, 0.3) is 0 Å². The van der Waals surface area contributed by atoms with Gasteiger partial charge in [-0.1, -0.05) is 57.5 Å². The Kier molecular flexibility index (Phi) is 6.83. The molecular formula is C18H28O. The van der Waals surface area contributed by atoms with Gasteiger partial charge in [-0.05, 0) is 43.6 Å². The fraction of sp³-hybridized carbons (Fsp3) is 0.611. The van der Waals surface area contributed by atoms with Gasteiger partial charge in [-0.15, -0.1) is 0 Å². The Morgan fingerprint density at radius 1 is 1.05 bits per heavy atom. The zero-order valence-corrected chi connectivity index (χ0v) is 12.9. The Hall–Kier alpha value is -1.11. The number of hydrogen-bond acceptors (Lipinski definition) is 1. The Morgan fingerprint density at radius 2 is 1.68 bits per heavy atom. The molecule has 0 aliphatic carbocycles. The molecule has 1 rings (SSSR count). The lowest BCUT2D eigenvalue weighted by Gasteiger charge is -2.18. The maximum atomic E-state index is 11.8. The van der Waals surface area contributed by atoms with Crippen molar-refractivity contribution in [1.82, 2.24) is 0 Å². The number of ketones is 1. The minimum atomic E-state index is 0.192. The second-order valence-electron chi connectivity index (χ2n) is 6.31. The lowest BCUT2D eigenvalue weighted by molar-refractivity contribution is -0.121. The van der Waals surface area contributed by atoms with Crippen molar-refractivity contribution in [1.29, 1.82) is 0 Å². The van der Waals surface area contributed by atoms with E-state index < -0.39 is 0 Å². The fourth-order valence-electron chi connectivity index (χ4n) is 2.76. The van der Waals surface area contributed by atoms with Crippen molar-refractivity contribution in [2.45, 2.75) is 53.4 Å². The third kappa shape index (κ3) is 6.56. The minimum Gasteiger partial charge on any atom is -0.300 e. The van der Waals surface area contributed by atoms with Crippen molar-refractivity contribution < 1.29 is 4.79 Å². The summed E-state index contributed by atoms with van der Waals surface area (Å²) < 4.78 is 0. The van der Waals surface area contributed by atoms with Crippen molar-refractivity contribution in [2.75, 3.05) is 0 Å². The zero-order valence-electron chi connectivity index (χ0n) is 12.9. The average molecular weight is 260 g/mol. The summed E-state index contributed by atoms with van der Waals surface area (Å²) in [5.41, 5.74) is 1.28. The molecular weight excluding hydrogens is 232 g/mol. The van der Waals surface area contributed by atoms with E-state index >= 15 is 0 Å². The van der Waals surface area contributed by atoms with Crippen molar-refractivity contribution in [3.63, 3.8) is 0 Å². The van der Waals surface area contributed by atoms with Crippen molar-refractivity contribution >= 4 is 5.78 Å². The molecule has 0 aliphatic heterocycles. The molecule has 0 bridgehead atoms. The van der Waals surface area contributed by atoms with Gasteiger partial charge in [0, 0.05) is 5.92 Å². The first kappa shape index (κ1) is 15.9. The molecule has 106 valence electrons. The molecule has 0 spiro atoms.